The Hall–Kier alpha value is -0.710. The molecule has 0 radical (unpaired) electrons. The van der Waals surface area contributed by atoms with Gasteiger partial charge in [-0.3, -0.25) is 0 Å². The molecule has 0 saturated heterocycles. The van der Waals surface area contributed by atoms with Crippen molar-refractivity contribution >= 4 is 11.6 Å². The van der Waals surface area contributed by atoms with Gasteiger partial charge in [0.05, 0.1) is 5.88 Å². The molecule has 2 rings (SSSR count). The lowest BCUT2D eigenvalue weighted by Crippen LogP contribution is -2.08. The highest BCUT2D eigenvalue weighted by Crippen LogP contribution is 2.45. The van der Waals surface area contributed by atoms with Crippen molar-refractivity contribution in [1.82, 2.24) is 5.16 Å². The molecule has 14 heavy (non-hydrogen) atoms. The smallest absolute Gasteiger partial charge is 0.360 e. The van der Waals surface area contributed by atoms with Crippen LogP contribution in [-0.4, -0.2) is 5.16 Å². The first-order valence-electron chi connectivity index (χ1n) is 4.15. The van der Waals surface area contributed by atoms with Crippen LogP contribution in [0.2, 0.25) is 0 Å². The number of aromatic nitrogens is 1. The minimum absolute atomic E-state index is 0.00154. The lowest BCUT2D eigenvalue weighted by Gasteiger charge is -2.02. The van der Waals surface area contributed by atoms with Gasteiger partial charge in [-0.05, 0) is 12.8 Å². The molecule has 0 spiro atoms. The van der Waals surface area contributed by atoms with Gasteiger partial charge in [0, 0.05) is 11.5 Å². The predicted octanol–water partition coefficient (Wildman–Crippen LogP) is 3.31. The summed E-state index contributed by atoms with van der Waals surface area (Å²) in [6.07, 6.45) is -2.76. The molecule has 1 aliphatic rings. The largest absolute Gasteiger partial charge is 0.437 e. The van der Waals surface area contributed by atoms with Crippen LogP contribution < -0.4 is 0 Å². The van der Waals surface area contributed by atoms with E-state index in [2.05, 4.69) is 9.68 Å². The standard InChI is InChI=1S/C8H7ClF3NO/c9-3-5-6(4-1-2-4)14-13-7(5)8(10,11)12/h4H,1-3H2. The summed E-state index contributed by atoms with van der Waals surface area (Å²) in [7, 11) is 0. The van der Waals surface area contributed by atoms with Crippen molar-refractivity contribution in [3.05, 3.63) is 17.0 Å². The van der Waals surface area contributed by atoms with E-state index in [0.29, 0.717) is 5.76 Å². The van der Waals surface area contributed by atoms with Gasteiger partial charge < -0.3 is 4.52 Å². The fourth-order valence-electron chi connectivity index (χ4n) is 1.34. The molecule has 1 fully saturated rings. The van der Waals surface area contributed by atoms with Crippen LogP contribution in [0.4, 0.5) is 13.2 Å². The van der Waals surface area contributed by atoms with E-state index >= 15 is 0 Å². The molecule has 1 aromatic heterocycles. The van der Waals surface area contributed by atoms with Crippen molar-refractivity contribution in [2.75, 3.05) is 0 Å². The number of nitrogens with zero attached hydrogens (tertiary/aromatic N) is 1. The van der Waals surface area contributed by atoms with E-state index in [1.807, 2.05) is 0 Å². The zero-order valence-electron chi connectivity index (χ0n) is 7.07. The van der Waals surface area contributed by atoms with Crippen molar-refractivity contribution in [2.45, 2.75) is 30.8 Å². The molecule has 78 valence electrons. The topological polar surface area (TPSA) is 26.0 Å². The van der Waals surface area contributed by atoms with Crippen LogP contribution in [0.3, 0.4) is 0 Å². The average Bonchev–Trinajstić information content (AvgIpc) is 2.82. The molecule has 1 saturated carbocycles. The molecular weight excluding hydrogens is 219 g/mol. The Labute approximate surface area is 83.0 Å². The predicted molar refractivity (Wildman–Crippen MR) is 43.0 cm³/mol. The van der Waals surface area contributed by atoms with E-state index in [-0.39, 0.29) is 17.4 Å². The van der Waals surface area contributed by atoms with Gasteiger partial charge in [-0.1, -0.05) is 5.16 Å². The Morgan fingerprint density at radius 3 is 2.50 bits per heavy atom. The SMILES string of the molecule is FC(F)(F)c1noc(C2CC2)c1CCl. The molecule has 0 bridgehead atoms. The van der Waals surface area contributed by atoms with E-state index in [9.17, 15) is 13.2 Å². The Morgan fingerprint density at radius 2 is 2.07 bits per heavy atom. The maximum Gasteiger partial charge on any atom is 0.437 e. The minimum atomic E-state index is -4.47. The van der Waals surface area contributed by atoms with Gasteiger partial charge in [0.2, 0.25) is 0 Å². The molecule has 0 aliphatic heterocycles. The summed E-state index contributed by atoms with van der Waals surface area (Å²) in [6.45, 7) is 0. The summed E-state index contributed by atoms with van der Waals surface area (Å²) in [5, 5.41) is 3.04. The zero-order valence-corrected chi connectivity index (χ0v) is 7.82. The van der Waals surface area contributed by atoms with Crippen LogP contribution >= 0.6 is 11.6 Å². The van der Waals surface area contributed by atoms with Crippen LogP contribution in [0.5, 0.6) is 0 Å². The minimum Gasteiger partial charge on any atom is -0.360 e. The first kappa shape index (κ1) is 9.83. The van der Waals surface area contributed by atoms with Crippen LogP contribution in [0.25, 0.3) is 0 Å². The third-order valence-electron chi connectivity index (χ3n) is 2.17. The van der Waals surface area contributed by atoms with Crippen molar-refractivity contribution in [3.63, 3.8) is 0 Å². The highest BCUT2D eigenvalue weighted by molar-refractivity contribution is 6.17. The number of alkyl halides is 4. The lowest BCUT2D eigenvalue weighted by atomic mass is 10.1. The van der Waals surface area contributed by atoms with Gasteiger partial charge in [0.25, 0.3) is 0 Å². The number of halogens is 4. The number of hydrogen-bond donors (Lipinski definition) is 0. The van der Waals surface area contributed by atoms with Gasteiger partial charge in [-0.2, -0.15) is 13.2 Å². The summed E-state index contributed by atoms with van der Waals surface area (Å²) in [6, 6.07) is 0. The summed E-state index contributed by atoms with van der Waals surface area (Å²) >= 11 is 5.46. The van der Waals surface area contributed by atoms with Crippen LogP contribution in [0.1, 0.15) is 35.8 Å². The third kappa shape index (κ3) is 1.61. The summed E-state index contributed by atoms with van der Waals surface area (Å²) in [5.74, 6) is 0.198. The molecule has 2 nitrogen and oxygen atoms in total. The fraction of sp³-hybridized carbons (Fsp3) is 0.625. The first-order chi connectivity index (χ1) is 6.54. The van der Waals surface area contributed by atoms with Gasteiger partial charge in [0.1, 0.15) is 5.76 Å². The molecule has 1 heterocycles. The van der Waals surface area contributed by atoms with Crippen LogP contribution in [0.15, 0.2) is 4.52 Å². The van der Waals surface area contributed by atoms with Crippen molar-refractivity contribution in [3.8, 4) is 0 Å². The quantitative estimate of drug-likeness (QED) is 0.722. The summed E-state index contributed by atoms with van der Waals surface area (Å²) < 4.78 is 41.7. The Morgan fingerprint density at radius 1 is 1.43 bits per heavy atom. The highest BCUT2D eigenvalue weighted by Gasteiger charge is 2.41. The Balaban J connectivity index is 2.41. The second-order valence-electron chi connectivity index (χ2n) is 3.28. The van der Waals surface area contributed by atoms with E-state index in [4.69, 9.17) is 11.6 Å². The first-order valence-corrected chi connectivity index (χ1v) is 4.69. The average molecular weight is 226 g/mol. The molecule has 6 heteroatoms. The molecule has 1 aromatic rings. The lowest BCUT2D eigenvalue weighted by molar-refractivity contribution is -0.143. The number of hydrogen-bond acceptors (Lipinski definition) is 2. The zero-order chi connectivity index (χ0) is 10.3. The van der Waals surface area contributed by atoms with Crippen LogP contribution in [-0.2, 0) is 12.1 Å². The molecule has 0 aromatic carbocycles. The summed E-state index contributed by atoms with van der Waals surface area (Å²) in [5.41, 5.74) is -0.976. The fourth-order valence-corrected chi connectivity index (χ4v) is 1.60. The van der Waals surface area contributed by atoms with Gasteiger partial charge in [0.15, 0.2) is 5.69 Å². The van der Waals surface area contributed by atoms with E-state index < -0.39 is 11.9 Å². The molecule has 0 amide bonds. The highest BCUT2D eigenvalue weighted by atomic mass is 35.5. The Bertz CT molecular complexity index is 343. The van der Waals surface area contributed by atoms with Gasteiger partial charge in [-0.25, -0.2) is 0 Å². The number of rotatable bonds is 2. The van der Waals surface area contributed by atoms with Crippen molar-refractivity contribution < 1.29 is 17.7 Å². The molecule has 0 atom stereocenters. The molecule has 0 unspecified atom stereocenters. The van der Waals surface area contributed by atoms with Gasteiger partial charge in [-0.15, -0.1) is 11.6 Å². The second-order valence-corrected chi connectivity index (χ2v) is 3.55. The maximum atomic E-state index is 12.4. The maximum absolute atomic E-state index is 12.4. The Kier molecular flexibility index (Phi) is 2.21. The van der Waals surface area contributed by atoms with E-state index in [0.717, 1.165) is 12.8 Å². The molecule has 0 N–H and O–H groups in total. The van der Waals surface area contributed by atoms with Crippen molar-refractivity contribution in [2.24, 2.45) is 0 Å². The van der Waals surface area contributed by atoms with Crippen LogP contribution in [0, 0.1) is 0 Å². The molecule has 1 aliphatic carbocycles. The second kappa shape index (κ2) is 3.15. The monoisotopic (exact) mass is 225 g/mol. The summed E-state index contributed by atoms with van der Waals surface area (Å²) in [4.78, 5) is 0. The van der Waals surface area contributed by atoms with Crippen molar-refractivity contribution in [1.29, 1.82) is 0 Å². The van der Waals surface area contributed by atoms with E-state index in [1.165, 1.54) is 0 Å². The third-order valence-corrected chi connectivity index (χ3v) is 2.44. The van der Waals surface area contributed by atoms with E-state index in [1.54, 1.807) is 0 Å². The molecular formula is C8H7ClF3NO. The normalized spacial score (nSPS) is 17.4. The van der Waals surface area contributed by atoms with Gasteiger partial charge >= 0.3 is 6.18 Å².